The average Bonchev–Trinajstić information content (AvgIpc) is 3.50. The summed E-state index contributed by atoms with van der Waals surface area (Å²) in [5, 5.41) is 18.2. The first-order valence-electron chi connectivity index (χ1n) is 10.8. The minimum absolute atomic E-state index is 0.0297. The lowest BCUT2D eigenvalue weighted by atomic mass is 10.1. The van der Waals surface area contributed by atoms with Crippen LogP contribution in [0.15, 0.2) is 60.9 Å². The van der Waals surface area contributed by atoms with Crippen molar-refractivity contribution in [3.63, 3.8) is 0 Å². The van der Waals surface area contributed by atoms with Crippen LogP contribution in [0.4, 0.5) is 5.69 Å². The highest BCUT2D eigenvalue weighted by atomic mass is 16.6. The highest BCUT2D eigenvalue weighted by Crippen LogP contribution is 2.24. The molecule has 4 rings (SSSR count). The summed E-state index contributed by atoms with van der Waals surface area (Å²) in [6.45, 7) is 3.13. The van der Waals surface area contributed by atoms with Crippen LogP contribution >= 0.6 is 0 Å². The number of amides is 2. The minimum atomic E-state index is -0.549. The minimum Gasteiger partial charge on any atom is -0.350 e. The number of aryl methyl sites for hydroxylation is 1. The molecule has 1 atom stereocenters. The molecule has 0 radical (unpaired) electrons. The fraction of sp³-hybridized carbons (Fsp3) is 0.292. The average molecular weight is 447 g/mol. The fourth-order valence-corrected chi connectivity index (χ4v) is 4.09. The molecule has 3 aromatic rings. The summed E-state index contributed by atoms with van der Waals surface area (Å²) < 4.78 is 1.84. The van der Waals surface area contributed by atoms with Gasteiger partial charge in [-0.1, -0.05) is 24.3 Å². The Balaban J connectivity index is 1.36. The number of hydrogen-bond acceptors (Lipinski definition) is 5. The van der Waals surface area contributed by atoms with Crippen molar-refractivity contribution in [2.75, 3.05) is 6.54 Å². The first-order valence-corrected chi connectivity index (χ1v) is 10.8. The summed E-state index contributed by atoms with van der Waals surface area (Å²) in [6, 6.07) is 13.6. The number of likely N-dealkylation sites (tertiary alicyclic amines) is 1. The molecule has 2 aromatic carbocycles. The number of nitro groups is 1. The van der Waals surface area contributed by atoms with Gasteiger partial charge in [-0.2, -0.15) is 5.10 Å². The standard InChI is InChI=1S/C24H25N5O4/c1-17-14-20(9-10-21(17)29(32)33)24(31)28-13-2-4-22(28)23(30)25-15-18-5-7-19(8-6-18)16-27-12-3-11-26-27/h3,5-12,14,22H,2,4,13,15-16H2,1H3,(H,25,30). The Labute approximate surface area is 191 Å². The molecular formula is C24H25N5O4. The van der Waals surface area contributed by atoms with Crippen LogP contribution in [0.1, 0.15) is 39.9 Å². The van der Waals surface area contributed by atoms with Crippen LogP contribution < -0.4 is 5.32 Å². The normalized spacial score (nSPS) is 15.4. The molecule has 2 heterocycles. The molecule has 1 N–H and O–H groups in total. The molecule has 33 heavy (non-hydrogen) atoms. The van der Waals surface area contributed by atoms with Crippen molar-refractivity contribution in [2.24, 2.45) is 0 Å². The summed E-state index contributed by atoms with van der Waals surface area (Å²) in [5.74, 6) is -0.478. The highest BCUT2D eigenvalue weighted by Gasteiger charge is 2.34. The summed E-state index contributed by atoms with van der Waals surface area (Å²) in [5.41, 5.74) is 2.82. The van der Waals surface area contributed by atoms with Gasteiger partial charge in [0.1, 0.15) is 6.04 Å². The van der Waals surface area contributed by atoms with Crippen molar-refractivity contribution in [3.05, 3.63) is 93.3 Å². The third-order valence-electron chi connectivity index (χ3n) is 5.85. The lowest BCUT2D eigenvalue weighted by molar-refractivity contribution is -0.385. The second kappa shape index (κ2) is 9.64. The van der Waals surface area contributed by atoms with Crippen molar-refractivity contribution < 1.29 is 14.5 Å². The summed E-state index contributed by atoms with van der Waals surface area (Å²) in [7, 11) is 0. The van der Waals surface area contributed by atoms with Crippen molar-refractivity contribution in [2.45, 2.75) is 38.9 Å². The second-order valence-corrected chi connectivity index (χ2v) is 8.15. The number of aromatic nitrogens is 2. The molecule has 170 valence electrons. The molecule has 9 nitrogen and oxygen atoms in total. The van der Waals surface area contributed by atoms with E-state index in [9.17, 15) is 19.7 Å². The van der Waals surface area contributed by atoms with Crippen LogP contribution in [0.25, 0.3) is 0 Å². The van der Waals surface area contributed by atoms with E-state index in [1.807, 2.05) is 41.2 Å². The Bertz CT molecular complexity index is 1160. The van der Waals surface area contributed by atoms with Crippen molar-refractivity contribution in [1.82, 2.24) is 20.0 Å². The van der Waals surface area contributed by atoms with Crippen molar-refractivity contribution in [1.29, 1.82) is 0 Å². The topological polar surface area (TPSA) is 110 Å². The molecule has 0 saturated carbocycles. The Kier molecular flexibility index (Phi) is 6.48. The number of nitrogens with zero attached hydrogens (tertiary/aromatic N) is 4. The van der Waals surface area contributed by atoms with E-state index in [-0.39, 0.29) is 17.5 Å². The maximum Gasteiger partial charge on any atom is 0.272 e. The molecule has 1 fully saturated rings. The Morgan fingerprint density at radius 3 is 2.61 bits per heavy atom. The number of hydrogen-bond donors (Lipinski definition) is 1. The molecule has 9 heteroatoms. The molecule has 1 unspecified atom stereocenters. The van der Waals surface area contributed by atoms with Gasteiger partial charge in [0, 0.05) is 42.7 Å². The smallest absolute Gasteiger partial charge is 0.272 e. The Morgan fingerprint density at radius 1 is 1.18 bits per heavy atom. The predicted octanol–water partition coefficient (Wildman–Crippen LogP) is 3.07. The van der Waals surface area contributed by atoms with Gasteiger partial charge in [0.15, 0.2) is 0 Å². The van der Waals surface area contributed by atoms with Gasteiger partial charge in [0.25, 0.3) is 11.6 Å². The maximum absolute atomic E-state index is 13.0. The maximum atomic E-state index is 13.0. The Hall–Kier alpha value is -4.01. The second-order valence-electron chi connectivity index (χ2n) is 8.15. The van der Waals surface area contributed by atoms with Crippen molar-refractivity contribution >= 4 is 17.5 Å². The van der Waals surface area contributed by atoms with E-state index in [1.54, 1.807) is 18.0 Å². The predicted molar refractivity (Wildman–Crippen MR) is 122 cm³/mol. The zero-order valence-corrected chi connectivity index (χ0v) is 18.3. The van der Waals surface area contributed by atoms with Gasteiger partial charge in [0.05, 0.1) is 11.5 Å². The molecule has 1 saturated heterocycles. The van der Waals surface area contributed by atoms with Gasteiger partial charge >= 0.3 is 0 Å². The number of carbonyl (C=O) groups excluding carboxylic acids is 2. The van der Waals surface area contributed by atoms with Gasteiger partial charge in [0.2, 0.25) is 5.91 Å². The number of nitro benzene ring substituents is 1. The summed E-state index contributed by atoms with van der Waals surface area (Å²) in [6.07, 6.45) is 4.97. The Morgan fingerprint density at radius 2 is 1.94 bits per heavy atom. The molecule has 2 amide bonds. The van der Waals surface area contributed by atoms with Gasteiger partial charge in [-0.15, -0.1) is 0 Å². The third-order valence-corrected chi connectivity index (χ3v) is 5.85. The first-order chi connectivity index (χ1) is 15.9. The van der Waals surface area contributed by atoms with Crippen LogP contribution in [-0.4, -0.2) is 44.0 Å². The van der Waals surface area contributed by atoms with Crippen LogP contribution in [-0.2, 0) is 17.9 Å². The number of benzene rings is 2. The number of nitrogens with one attached hydrogen (secondary N) is 1. The van der Waals surface area contributed by atoms with E-state index >= 15 is 0 Å². The molecule has 1 aliphatic rings. The lowest BCUT2D eigenvalue weighted by Crippen LogP contribution is -2.45. The summed E-state index contributed by atoms with van der Waals surface area (Å²) in [4.78, 5) is 38.0. The molecule has 0 bridgehead atoms. The molecule has 0 aliphatic carbocycles. The van der Waals surface area contributed by atoms with E-state index in [2.05, 4.69) is 10.4 Å². The van der Waals surface area contributed by atoms with E-state index < -0.39 is 11.0 Å². The van der Waals surface area contributed by atoms with Crippen LogP contribution in [0, 0.1) is 17.0 Å². The zero-order valence-electron chi connectivity index (χ0n) is 18.3. The van der Waals surface area contributed by atoms with Gasteiger partial charge in [-0.25, -0.2) is 0 Å². The zero-order chi connectivity index (χ0) is 23.4. The number of rotatable bonds is 7. The van der Waals surface area contributed by atoms with Gasteiger partial charge in [-0.3, -0.25) is 24.4 Å². The molecule has 1 aromatic heterocycles. The van der Waals surface area contributed by atoms with Gasteiger partial charge < -0.3 is 10.2 Å². The largest absolute Gasteiger partial charge is 0.350 e. The monoisotopic (exact) mass is 447 g/mol. The molecule has 1 aliphatic heterocycles. The fourth-order valence-electron chi connectivity index (χ4n) is 4.09. The van der Waals surface area contributed by atoms with Crippen LogP contribution in [0.2, 0.25) is 0 Å². The lowest BCUT2D eigenvalue weighted by Gasteiger charge is -2.24. The van der Waals surface area contributed by atoms with E-state index in [4.69, 9.17) is 0 Å². The third kappa shape index (κ3) is 5.08. The SMILES string of the molecule is Cc1cc(C(=O)N2CCCC2C(=O)NCc2ccc(Cn3cccn3)cc2)ccc1[N+](=O)[O-]. The van der Waals surface area contributed by atoms with E-state index in [1.165, 1.54) is 18.2 Å². The molecule has 0 spiro atoms. The highest BCUT2D eigenvalue weighted by molar-refractivity contribution is 5.98. The van der Waals surface area contributed by atoms with Crippen LogP contribution in [0.3, 0.4) is 0 Å². The quantitative estimate of drug-likeness (QED) is 0.442. The van der Waals surface area contributed by atoms with Crippen molar-refractivity contribution in [3.8, 4) is 0 Å². The van der Waals surface area contributed by atoms with E-state index in [0.29, 0.717) is 37.2 Å². The molecular weight excluding hydrogens is 422 g/mol. The van der Waals surface area contributed by atoms with Crippen LogP contribution in [0.5, 0.6) is 0 Å². The number of carbonyl (C=O) groups is 2. The van der Waals surface area contributed by atoms with E-state index in [0.717, 1.165) is 17.5 Å². The van der Waals surface area contributed by atoms with Gasteiger partial charge in [-0.05, 0) is 49.1 Å². The first kappa shape index (κ1) is 22.2. The summed E-state index contributed by atoms with van der Waals surface area (Å²) >= 11 is 0.